The fourth-order valence-electron chi connectivity index (χ4n) is 11.8. The summed E-state index contributed by atoms with van der Waals surface area (Å²) in [4.78, 5) is 31.9. The number of phenols is 9. The summed E-state index contributed by atoms with van der Waals surface area (Å²) in [6.07, 6.45) is 0. The molecular weight excluding hydrogens is 2090 g/mol. The van der Waals surface area contributed by atoms with Crippen LogP contribution in [0.15, 0.2) is 290 Å². The molecule has 7 aromatic heterocycles. The molecule has 0 spiro atoms. The maximum Gasteiger partial charge on any atom is 0.128 e. The van der Waals surface area contributed by atoms with E-state index in [0.717, 1.165) is 173 Å². The number of halogens is 4. The number of hydrogen-bond donors (Lipinski definition) is 10. The van der Waals surface area contributed by atoms with Crippen LogP contribution in [0.5, 0.6) is 63.2 Å². The van der Waals surface area contributed by atoms with E-state index < -0.39 is 0 Å². The zero-order valence-electron chi connectivity index (χ0n) is 64.1. The number of methoxy groups -OCH3 is 2. The molecule has 30 heteroatoms. The van der Waals surface area contributed by atoms with E-state index in [2.05, 4.69) is 131 Å². The molecule has 0 amide bonds. The number of anilines is 1. The van der Waals surface area contributed by atoms with E-state index in [-0.39, 0.29) is 40.2 Å². The van der Waals surface area contributed by atoms with Gasteiger partial charge in [0.2, 0.25) is 0 Å². The largest absolute Gasteiger partial charge is 0.508 e. The average molecular weight is 2150 g/mol. The molecule has 19 nitrogen and oxygen atoms in total. The highest BCUT2D eigenvalue weighted by atomic mass is 127. The summed E-state index contributed by atoms with van der Waals surface area (Å²) >= 11 is 21.0. The Balaban J connectivity index is 0.000000111. The number of para-hydroxylation sites is 1. The van der Waals surface area contributed by atoms with Crippen LogP contribution in [0.3, 0.4) is 0 Å². The third-order valence-electron chi connectivity index (χ3n) is 18.0. The van der Waals surface area contributed by atoms with Gasteiger partial charge in [0.1, 0.15) is 98.3 Å². The fraction of sp³-hybridized carbons (Fsp3) is 0.0215. The smallest absolute Gasteiger partial charge is 0.128 e. The van der Waals surface area contributed by atoms with Crippen LogP contribution in [0, 0.1) is 10.7 Å². The molecule has 21 aromatic rings. The third-order valence-corrected chi connectivity index (χ3v) is 28.6. The highest BCUT2D eigenvalue weighted by Crippen LogP contribution is 2.41. The van der Waals surface area contributed by atoms with Gasteiger partial charge in [0.05, 0.1) is 96.4 Å². The van der Waals surface area contributed by atoms with Crippen molar-refractivity contribution in [3.05, 3.63) is 300 Å². The number of hydrogen-bond acceptors (Lipinski definition) is 26. The van der Waals surface area contributed by atoms with Gasteiger partial charge in [-0.25, -0.2) is 34.9 Å². The lowest BCUT2D eigenvalue weighted by Gasteiger charge is -1.99. The van der Waals surface area contributed by atoms with Crippen molar-refractivity contribution in [2.45, 2.75) is 0 Å². The normalized spacial score (nSPS) is 10.8. The first-order valence-corrected chi connectivity index (χ1v) is 46.5. The summed E-state index contributed by atoms with van der Waals surface area (Å²) in [6.45, 7) is 0. The van der Waals surface area contributed by atoms with E-state index in [9.17, 15) is 46.0 Å². The molecule has 0 aliphatic carbocycles. The number of ether oxygens (including phenoxy) is 2. The Morgan fingerprint density at radius 3 is 0.829 bits per heavy atom. The molecule has 0 saturated heterocycles. The van der Waals surface area contributed by atoms with Crippen molar-refractivity contribution >= 4 is 240 Å². The first-order chi connectivity index (χ1) is 59.5. The second-order valence-electron chi connectivity index (χ2n) is 26.6. The average Bonchev–Trinajstić information content (AvgIpc) is 1.73. The minimum Gasteiger partial charge on any atom is -0.508 e. The van der Waals surface area contributed by atoms with Gasteiger partial charge in [-0.3, -0.25) is 0 Å². The molecule has 0 atom stereocenters. The summed E-state index contributed by atoms with van der Waals surface area (Å²) in [6, 6.07) is 86.4. The molecule has 123 heavy (non-hydrogen) atoms. The highest BCUT2D eigenvalue weighted by molar-refractivity contribution is 14.1. The van der Waals surface area contributed by atoms with Crippen molar-refractivity contribution in [3.8, 4) is 137 Å². The van der Waals surface area contributed by atoms with Crippen molar-refractivity contribution in [2.24, 2.45) is 0 Å². The topological polar surface area (TPSA) is 317 Å². The Labute approximate surface area is 779 Å². The monoisotopic (exact) mass is 2150 g/mol. The van der Waals surface area contributed by atoms with Crippen LogP contribution in [-0.4, -0.2) is 95.1 Å². The van der Waals surface area contributed by atoms with Gasteiger partial charge in [-0.1, -0.05) is 28.1 Å². The van der Waals surface area contributed by atoms with Crippen LogP contribution in [0.1, 0.15) is 0 Å². The van der Waals surface area contributed by atoms with Crippen LogP contribution < -0.4 is 15.2 Å². The predicted octanol–water partition coefficient (Wildman–Crippen LogP) is 27.3. The van der Waals surface area contributed by atoms with Crippen LogP contribution in [-0.2, 0) is 0 Å². The number of nitrogens with zero attached hydrogens (tertiary/aromatic N) is 7. The maximum atomic E-state index is 9.56. The first kappa shape index (κ1) is 86.5. The van der Waals surface area contributed by atoms with E-state index in [1.54, 1.807) is 174 Å². The molecule has 0 radical (unpaired) electrons. The summed E-state index contributed by atoms with van der Waals surface area (Å²) in [7, 11) is 3.31. The van der Waals surface area contributed by atoms with Crippen LogP contribution in [0.25, 0.3) is 146 Å². The lowest BCUT2D eigenvalue weighted by atomic mass is 10.2. The number of rotatable bonds is 9. The summed E-state index contributed by atoms with van der Waals surface area (Å²) in [5, 5.41) is 91.0. The van der Waals surface area contributed by atoms with Crippen LogP contribution >= 0.6 is 163 Å². The number of fused-ring (bicyclic) bond motifs is 7. The van der Waals surface area contributed by atoms with E-state index >= 15 is 0 Å². The Hall–Kier alpha value is -11.4. The van der Waals surface area contributed by atoms with Gasteiger partial charge < -0.3 is 61.2 Å². The molecule has 0 bridgehead atoms. The predicted molar refractivity (Wildman–Crippen MR) is 534 cm³/mol. The molecular formula is C93H64BrI3N8O11S7. The number of nitrogen functional groups attached to an aromatic ring is 1. The van der Waals surface area contributed by atoms with Gasteiger partial charge in [-0.15, -0.1) is 79.4 Å². The van der Waals surface area contributed by atoms with Gasteiger partial charge in [0, 0.05) is 49.1 Å². The van der Waals surface area contributed by atoms with Crippen LogP contribution in [0.2, 0.25) is 0 Å². The van der Waals surface area contributed by atoms with Gasteiger partial charge >= 0.3 is 0 Å². The molecule has 0 fully saturated rings. The number of thiazole rings is 7. The standard InChI is InChI=1S/C14H10INO2S.C14H11NO2S.C13H7BrINOS.C13H8INO2S.C13H10N2OS.C13H9NO2S.C13H9NOS/c1-18-9-3-4-11-13(7-9)19-14(16-11)8-2-5-12(17)10(15)6-8;1-17-11-6-7-12-13(8-11)18-14(15-12)9-2-4-10(16)5-3-9;14-8-2-3-10-12(6-8)18-13(16-10)7-1-4-11(17)9(15)5-7;14-9-5-7(1-4-11(9)17)13-15-10-3-2-8(16)6-12(10)18-13;14-9-3-6-11-12(7-9)17-13(15-11)8-1-4-10(16)5-2-8;15-9-3-1-8(2-4-9)13-14-11-6-5-10(16)7-12(11)17-13;15-10-7-5-9(6-8-10)13-14-11-3-1-2-4-12(11)16-13/h2-7,17H,1H3;2-8,16H,1H3;1-6,17H;1-6,16-17H;1-7,16H,14H2;1-7,15-16H;1-8,15H. The number of benzene rings is 14. The van der Waals surface area contributed by atoms with Crippen molar-refractivity contribution in [3.63, 3.8) is 0 Å². The third kappa shape index (κ3) is 21.8. The van der Waals surface area contributed by atoms with Gasteiger partial charge in [-0.2, -0.15) is 0 Å². The van der Waals surface area contributed by atoms with Crippen molar-refractivity contribution in [2.75, 3.05) is 20.0 Å². The van der Waals surface area contributed by atoms with E-state index in [0.29, 0.717) is 11.5 Å². The number of aromatic hydroxyl groups is 9. The number of phenolic OH excluding ortho intramolecular Hbond substituents is 9. The number of nitrogens with two attached hydrogens (primary N) is 1. The summed E-state index contributed by atoms with van der Waals surface area (Å²) < 4.78 is 21.5. The molecule has 0 aliphatic rings. The van der Waals surface area contributed by atoms with Crippen molar-refractivity contribution in [1.82, 2.24) is 34.9 Å². The SMILES string of the molecule is COc1ccc2nc(-c3ccc(O)c(I)c3)sc2c1.COc1ccc2nc(-c3ccc(O)cc3)sc2c1.Nc1ccc2nc(-c3ccc(O)cc3)sc2c1.Oc1ccc(-c2nc3ccc(Br)cc3s2)cc1I.Oc1ccc(-c2nc3ccc(O)cc3s2)cc1.Oc1ccc(-c2nc3ccccc3s2)cc1.Oc1ccc2nc(-c3ccc(O)c(I)c3)sc2c1. The Morgan fingerprint density at radius 1 is 0.252 bits per heavy atom. The Bertz CT molecular complexity index is 7050. The zero-order chi connectivity index (χ0) is 86.0. The maximum absolute atomic E-state index is 9.56. The lowest BCUT2D eigenvalue weighted by molar-refractivity contribution is 0.415. The fourth-order valence-corrected chi connectivity index (χ4v) is 20.8. The lowest BCUT2D eigenvalue weighted by Crippen LogP contribution is -1.81. The molecule has 11 N–H and O–H groups in total. The minimum absolute atomic E-state index is 0.243. The highest BCUT2D eigenvalue weighted by Gasteiger charge is 2.16. The molecule has 21 rings (SSSR count). The summed E-state index contributed by atoms with van der Waals surface area (Å²) in [5.74, 6) is 4.11. The van der Waals surface area contributed by atoms with Crippen molar-refractivity contribution < 1.29 is 55.4 Å². The van der Waals surface area contributed by atoms with Crippen LogP contribution in [0.4, 0.5) is 5.69 Å². The molecule has 7 heterocycles. The van der Waals surface area contributed by atoms with Gasteiger partial charge in [-0.05, 0) is 341 Å². The minimum atomic E-state index is 0.243. The molecule has 14 aromatic carbocycles. The molecule has 0 unspecified atom stereocenters. The summed E-state index contributed by atoms with van der Waals surface area (Å²) in [5.41, 5.74) is 20.2. The molecule has 0 saturated carbocycles. The van der Waals surface area contributed by atoms with E-state index in [1.807, 2.05) is 170 Å². The quantitative estimate of drug-likeness (QED) is 0.0474. The Kier molecular flexibility index (Phi) is 27.7. The second kappa shape index (κ2) is 39.4. The van der Waals surface area contributed by atoms with Gasteiger partial charge in [0.15, 0.2) is 0 Å². The van der Waals surface area contributed by atoms with Gasteiger partial charge in [0.25, 0.3) is 0 Å². The van der Waals surface area contributed by atoms with E-state index in [4.69, 9.17) is 15.2 Å². The second-order valence-corrected chi connectivity index (χ2v) is 38.2. The first-order valence-electron chi connectivity index (χ1n) is 36.8. The van der Waals surface area contributed by atoms with Crippen molar-refractivity contribution in [1.29, 1.82) is 0 Å². The molecule has 0 aliphatic heterocycles. The Morgan fingerprint density at radius 2 is 0.504 bits per heavy atom. The molecule has 612 valence electrons. The zero-order valence-corrected chi connectivity index (χ0v) is 77.8. The van der Waals surface area contributed by atoms with E-state index in [1.165, 1.54) is 27.4 Å². The number of aromatic nitrogens is 7.